The van der Waals surface area contributed by atoms with Crippen molar-refractivity contribution in [2.75, 3.05) is 52.3 Å². The molecule has 2 rings (SSSR count). The average molecular weight is 538 g/mol. The first-order valence-corrected chi connectivity index (χ1v) is 13.1. The molecule has 9 nitrogen and oxygen atoms in total. The van der Waals surface area contributed by atoms with Gasteiger partial charge in [-0.1, -0.05) is 12.1 Å². The molecule has 0 unspecified atom stereocenters. The fourth-order valence-electron chi connectivity index (χ4n) is 4.03. The van der Waals surface area contributed by atoms with Crippen molar-refractivity contribution in [3.8, 4) is 0 Å². The third-order valence-electron chi connectivity index (χ3n) is 6.08. The van der Waals surface area contributed by atoms with E-state index in [1.807, 2.05) is 24.3 Å². The Kier molecular flexibility index (Phi) is 10.9. The minimum atomic E-state index is -1.77. The SMILES string of the molecule is CN(C)C(=O)[C@@H](CCc1ccc(N2CCOCC2)cc1)OC(=O)[C@H](CC(C)(C)F)N(C)C(=O)OC(C)(C)C. The predicted octanol–water partition coefficient (Wildman–Crippen LogP) is 3.83. The Balaban J connectivity index is 2.15. The van der Waals surface area contributed by atoms with Gasteiger partial charge in [-0.05, 0) is 65.2 Å². The molecule has 1 fully saturated rings. The summed E-state index contributed by atoms with van der Waals surface area (Å²) in [5, 5.41) is 0. The monoisotopic (exact) mass is 537 g/mol. The van der Waals surface area contributed by atoms with Gasteiger partial charge in [0, 0.05) is 46.3 Å². The second-order valence-electron chi connectivity index (χ2n) is 11.5. The largest absolute Gasteiger partial charge is 0.451 e. The quantitative estimate of drug-likeness (QED) is 0.419. The minimum absolute atomic E-state index is 0.238. The molecule has 1 saturated heterocycles. The zero-order valence-electron chi connectivity index (χ0n) is 24.1. The van der Waals surface area contributed by atoms with Crippen molar-refractivity contribution in [2.45, 2.75) is 77.3 Å². The number of halogens is 1. The summed E-state index contributed by atoms with van der Waals surface area (Å²) in [5.74, 6) is -1.24. The molecule has 2 atom stereocenters. The third-order valence-corrected chi connectivity index (χ3v) is 6.08. The molecule has 10 heteroatoms. The molecule has 0 spiro atoms. The molecule has 1 aliphatic rings. The number of hydrogen-bond donors (Lipinski definition) is 0. The normalized spacial score (nSPS) is 15.9. The number of anilines is 1. The molecule has 0 radical (unpaired) electrons. The van der Waals surface area contributed by atoms with Gasteiger partial charge in [-0.3, -0.25) is 9.69 Å². The van der Waals surface area contributed by atoms with Crippen molar-refractivity contribution in [1.82, 2.24) is 9.80 Å². The van der Waals surface area contributed by atoms with Crippen LogP contribution in [0.15, 0.2) is 24.3 Å². The van der Waals surface area contributed by atoms with E-state index >= 15 is 0 Å². The number of hydrogen-bond acceptors (Lipinski definition) is 7. The number of amides is 2. The summed E-state index contributed by atoms with van der Waals surface area (Å²) in [7, 11) is 4.52. The van der Waals surface area contributed by atoms with E-state index in [1.165, 1.54) is 25.8 Å². The first kappa shape index (κ1) is 31.3. The van der Waals surface area contributed by atoms with Crippen molar-refractivity contribution < 1.29 is 33.0 Å². The average Bonchev–Trinajstić information content (AvgIpc) is 2.83. The molecule has 0 saturated carbocycles. The van der Waals surface area contributed by atoms with Crippen molar-refractivity contribution >= 4 is 23.7 Å². The Morgan fingerprint density at radius 1 is 1.03 bits per heavy atom. The van der Waals surface area contributed by atoms with Gasteiger partial charge >= 0.3 is 12.1 Å². The lowest BCUT2D eigenvalue weighted by molar-refractivity contribution is -0.164. The first-order chi connectivity index (χ1) is 17.6. The standard InChI is InChI=1S/C28H44FN3O6/c1-27(2,3)38-26(35)31(8)22(19-28(4,5)29)25(34)37-23(24(33)30(6)7)14-11-20-9-12-21(13-10-20)32-15-17-36-18-16-32/h9-10,12-13,22-23H,11,14-19H2,1-8H3/t22-,23+/m0/s1. The van der Waals surface area contributed by atoms with Crippen LogP contribution in [0.1, 0.15) is 53.0 Å². The van der Waals surface area contributed by atoms with Gasteiger partial charge < -0.3 is 24.0 Å². The van der Waals surface area contributed by atoms with Crippen LogP contribution in [0.4, 0.5) is 14.9 Å². The lowest BCUT2D eigenvalue weighted by Crippen LogP contribution is -2.49. The van der Waals surface area contributed by atoms with Gasteiger partial charge in [0.2, 0.25) is 0 Å². The van der Waals surface area contributed by atoms with E-state index in [4.69, 9.17) is 14.2 Å². The van der Waals surface area contributed by atoms with Crippen LogP contribution >= 0.6 is 0 Å². The summed E-state index contributed by atoms with van der Waals surface area (Å²) in [6.45, 7) is 10.8. The summed E-state index contributed by atoms with van der Waals surface area (Å²) in [6, 6.07) is 6.79. The van der Waals surface area contributed by atoms with Crippen LogP contribution in [-0.2, 0) is 30.2 Å². The number of ether oxygens (including phenoxy) is 3. The molecular weight excluding hydrogens is 493 g/mol. The Labute approximate surface area is 226 Å². The highest BCUT2D eigenvalue weighted by Gasteiger charge is 2.38. The Morgan fingerprint density at radius 2 is 1.61 bits per heavy atom. The van der Waals surface area contributed by atoms with E-state index in [9.17, 15) is 18.8 Å². The number of aryl methyl sites for hydroxylation is 1. The summed E-state index contributed by atoms with van der Waals surface area (Å²) < 4.78 is 31.1. The number of morpholine rings is 1. The van der Waals surface area contributed by atoms with E-state index < -0.39 is 35.5 Å². The second-order valence-corrected chi connectivity index (χ2v) is 11.5. The van der Waals surface area contributed by atoms with E-state index in [0.29, 0.717) is 19.6 Å². The van der Waals surface area contributed by atoms with Crippen LogP contribution in [-0.4, -0.2) is 98.6 Å². The topological polar surface area (TPSA) is 88.6 Å². The molecule has 38 heavy (non-hydrogen) atoms. The zero-order chi connectivity index (χ0) is 28.7. The number of carbonyl (C=O) groups excluding carboxylic acids is 3. The number of benzene rings is 1. The Hall–Kier alpha value is -2.88. The summed E-state index contributed by atoms with van der Waals surface area (Å²) in [6.07, 6.45) is -1.45. The van der Waals surface area contributed by atoms with Gasteiger partial charge in [0.1, 0.15) is 17.3 Å². The highest BCUT2D eigenvalue weighted by atomic mass is 19.1. The van der Waals surface area contributed by atoms with Crippen LogP contribution in [0.3, 0.4) is 0 Å². The number of esters is 1. The Bertz CT molecular complexity index is 933. The molecule has 1 heterocycles. The summed E-state index contributed by atoms with van der Waals surface area (Å²) in [5.41, 5.74) is -0.483. The first-order valence-electron chi connectivity index (χ1n) is 13.1. The molecule has 1 aromatic carbocycles. The number of alkyl halides is 1. The maximum Gasteiger partial charge on any atom is 0.410 e. The van der Waals surface area contributed by atoms with E-state index in [1.54, 1.807) is 34.9 Å². The Morgan fingerprint density at radius 3 is 2.11 bits per heavy atom. The molecule has 2 amide bonds. The molecule has 0 aromatic heterocycles. The van der Waals surface area contributed by atoms with Gasteiger partial charge in [0.15, 0.2) is 6.10 Å². The number of carbonyl (C=O) groups is 3. The molecule has 214 valence electrons. The fraction of sp³-hybridized carbons (Fsp3) is 0.679. The number of nitrogens with zero attached hydrogens (tertiary/aromatic N) is 3. The van der Waals surface area contributed by atoms with Crippen LogP contribution in [0.2, 0.25) is 0 Å². The number of likely N-dealkylation sites (N-methyl/N-ethyl adjacent to an activating group) is 2. The second kappa shape index (κ2) is 13.3. The van der Waals surface area contributed by atoms with Crippen molar-refractivity contribution in [3.05, 3.63) is 29.8 Å². The smallest absolute Gasteiger partial charge is 0.410 e. The molecular formula is C28H44FN3O6. The maximum atomic E-state index is 14.6. The van der Waals surface area contributed by atoms with Crippen molar-refractivity contribution in [2.24, 2.45) is 0 Å². The van der Waals surface area contributed by atoms with Gasteiger partial charge in [0.05, 0.1) is 13.2 Å². The fourth-order valence-corrected chi connectivity index (χ4v) is 4.03. The summed E-state index contributed by atoms with van der Waals surface area (Å²) >= 11 is 0. The van der Waals surface area contributed by atoms with Crippen LogP contribution in [0.25, 0.3) is 0 Å². The van der Waals surface area contributed by atoms with Gasteiger partial charge in [-0.2, -0.15) is 0 Å². The highest BCUT2D eigenvalue weighted by Crippen LogP contribution is 2.24. The number of rotatable bonds is 10. The minimum Gasteiger partial charge on any atom is -0.451 e. The van der Waals surface area contributed by atoms with Gasteiger partial charge in [0.25, 0.3) is 5.91 Å². The molecule has 1 aromatic rings. The van der Waals surface area contributed by atoms with Crippen molar-refractivity contribution in [1.29, 1.82) is 0 Å². The molecule has 0 bridgehead atoms. The van der Waals surface area contributed by atoms with Crippen molar-refractivity contribution in [3.63, 3.8) is 0 Å². The lowest BCUT2D eigenvalue weighted by Gasteiger charge is -2.32. The molecule has 0 N–H and O–H groups in total. The van der Waals surface area contributed by atoms with Gasteiger partial charge in [-0.15, -0.1) is 0 Å². The summed E-state index contributed by atoms with van der Waals surface area (Å²) in [4.78, 5) is 43.5. The van der Waals surface area contributed by atoms with Crippen LogP contribution in [0, 0.1) is 0 Å². The third kappa shape index (κ3) is 10.1. The van der Waals surface area contributed by atoms with Crippen LogP contribution in [0.5, 0.6) is 0 Å². The zero-order valence-corrected chi connectivity index (χ0v) is 24.1. The van der Waals surface area contributed by atoms with E-state index in [2.05, 4.69) is 4.90 Å². The molecule has 1 aliphatic heterocycles. The van der Waals surface area contributed by atoms with E-state index in [0.717, 1.165) is 29.2 Å². The van der Waals surface area contributed by atoms with Crippen LogP contribution < -0.4 is 4.90 Å². The molecule has 0 aliphatic carbocycles. The lowest BCUT2D eigenvalue weighted by atomic mass is 9.99. The maximum absolute atomic E-state index is 14.6. The predicted molar refractivity (Wildman–Crippen MR) is 144 cm³/mol. The highest BCUT2D eigenvalue weighted by molar-refractivity contribution is 5.86. The van der Waals surface area contributed by atoms with Gasteiger partial charge in [-0.25, -0.2) is 14.0 Å². The van der Waals surface area contributed by atoms with E-state index in [-0.39, 0.29) is 18.7 Å².